The van der Waals surface area contributed by atoms with E-state index in [2.05, 4.69) is 4.98 Å². The average molecular weight is 294 g/mol. The van der Waals surface area contributed by atoms with Gasteiger partial charge in [0.05, 0.1) is 6.61 Å². The minimum Gasteiger partial charge on any atom is -0.393 e. The number of ether oxygens (including phenoxy) is 1. The van der Waals surface area contributed by atoms with Crippen molar-refractivity contribution in [3.8, 4) is 0 Å². The third kappa shape index (κ3) is 2.22. The highest BCUT2D eigenvalue weighted by Gasteiger charge is 2.56. The summed E-state index contributed by atoms with van der Waals surface area (Å²) in [7, 11) is 0. The summed E-state index contributed by atoms with van der Waals surface area (Å²) in [5.74, 6) is 0. The Morgan fingerprint density at radius 1 is 1.63 bits per heavy atom. The van der Waals surface area contributed by atoms with E-state index in [1.807, 2.05) is 0 Å². The van der Waals surface area contributed by atoms with Gasteiger partial charge in [-0.2, -0.15) is 0 Å². The zero-order valence-corrected chi connectivity index (χ0v) is 10.4. The van der Waals surface area contributed by atoms with Gasteiger partial charge in [0.1, 0.15) is 17.4 Å². The smallest absolute Gasteiger partial charge is 0.328 e. The van der Waals surface area contributed by atoms with Crippen LogP contribution in [0.1, 0.15) is 6.23 Å². The van der Waals surface area contributed by atoms with E-state index < -0.39 is 43.1 Å². The SMILES string of the molecule is O=c1[nH]c(=S)ccn1[C@@H]1O[C@@](CO)(CF)C(O)[C@@H]1F. The van der Waals surface area contributed by atoms with E-state index in [0.29, 0.717) is 0 Å². The number of hydrogen-bond donors (Lipinski definition) is 3. The fraction of sp³-hybridized carbons (Fsp3) is 0.600. The topological polar surface area (TPSA) is 87.5 Å². The molecule has 0 aromatic carbocycles. The van der Waals surface area contributed by atoms with E-state index in [0.717, 1.165) is 4.57 Å². The molecule has 0 amide bonds. The van der Waals surface area contributed by atoms with E-state index in [1.165, 1.54) is 12.3 Å². The number of aromatic amines is 1. The Hall–Kier alpha value is -1.16. The monoisotopic (exact) mass is 294 g/mol. The summed E-state index contributed by atoms with van der Waals surface area (Å²) in [5.41, 5.74) is -2.81. The van der Waals surface area contributed by atoms with Gasteiger partial charge in [0.2, 0.25) is 0 Å². The van der Waals surface area contributed by atoms with Crippen LogP contribution in [0.15, 0.2) is 17.1 Å². The average Bonchev–Trinajstić information content (AvgIpc) is 2.64. The third-order valence-corrected chi connectivity index (χ3v) is 3.33. The summed E-state index contributed by atoms with van der Waals surface area (Å²) in [5, 5.41) is 18.7. The molecular formula is C10H12F2N2O4S. The summed E-state index contributed by atoms with van der Waals surface area (Å²) < 4.78 is 32.9. The number of aliphatic hydroxyl groups is 2. The third-order valence-electron chi connectivity index (χ3n) is 3.09. The molecule has 0 aliphatic carbocycles. The van der Waals surface area contributed by atoms with Crippen molar-refractivity contribution in [1.29, 1.82) is 0 Å². The summed E-state index contributed by atoms with van der Waals surface area (Å²) in [6.07, 6.45) is -4.28. The zero-order chi connectivity index (χ0) is 14.2. The van der Waals surface area contributed by atoms with Gasteiger partial charge in [0.25, 0.3) is 0 Å². The molecule has 1 fully saturated rings. The highest BCUT2D eigenvalue weighted by Crippen LogP contribution is 2.38. The first kappa shape index (κ1) is 14.3. The maximum Gasteiger partial charge on any atom is 0.328 e. The molecule has 1 saturated heterocycles. The molecule has 1 aromatic heterocycles. The zero-order valence-electron chi connectivity index (χ0n) is 9.62. The fourth-order valence-corrected chi connectivity index (χ4v) is 2.09. The van der Waals surface area contributed by atoms with Crippen LogP contribution in [-0.4, -0.2) is 50.9 Å². The molecular weight excluding hydrogens is 282 g/mol. The number of nitrogens with one attached hydrogen (secondary N) is 1. The fourth-order valence-electron chi connectivity index (χ4n) is 1.94. The van der Waals surface area contributed by atoms with E-state index in [1.54, 1.807) is 0 Å². The minimum absolute atomic E-state index is 0.147. The second-order valence-corrected chi connectivity index (χ2v) is 4.71. The largest absolute Gasteiger partial charge is 0.393 e. The van der Waals surface area contributed by atoms with Crippen molar-refractivity contribution < 1.29 is 23.7 Å². The second kappa shape index (κ2) is 5.08. The van der Waals surface area contributed by atoms with Crippen molar-refractivity contribution in [2.45, 2.75) is 24.1 Å². The molecule has 2 heterocycles. The van der Waals surface area contributed by atoms with Crippen LogP contribution in [-0.2, 0) is 4.74 Å². The molecule has 1 unspecified atom stereocenters. The predicted molar refractivity (Wildman–Crippen MR) is 62.7 cm³/mol. The lowest BCUT2D eigenvalue weighted by Gasteiger charge is -2.25. The van der Waals surface area contributed by atoms with Gasteiger partial charge in [-0.05, 0) is 6.07 Å². The quantitative estimate of drug-likeness (QED) is 0.674. The number of aliphatic hydroxyl groups excluding tert-OH is 2. The van der Waals surface area contributed by atoms with Gasteiger partial charge < -0.3 is 14.9 Å². The van der Waals surface area contributed by atoms with Gasteiger partial charge in [-0.1, -0.05) is 12.2 Å². The maximum atomic E-state index is 14.0. The molecule has 3 N–H and O–H groups in total. The van der Waals surface area contributed by atoms with Crippen LogP contribution >= 0.6 is 12.2 Å². The first-order valence-corrected chi connectivity index (χ1v) is 5.84. The van der Waals surface area contributed by atoms with Crippen molar-refractivity contribution in [2.75, 3.05) is 13.3 Å². The highest BCUT2D eigenvalue weighted by atomic mass is 32.1. The molecule has 4 atom stereocenters. The van der Waals surface area contributed by atoms with Gasteiger partial charge in [-0.3, -0.25) is 9.55 Å². The summed E-state index contributed by atoms with van der Waals surface area (Å²) in [6, 6.07) is 1.33. The van der Waals surface area contributed by atoms with Gasteiger partial charge in [0, 0.05) is 6.20 Å². The molecule has 106 valence electrons. The molecule has 1 aliphatic rings. The highest BCUT2D eigenvalue weighted by molar-refractivity contribution is 7.71. The van der Waals surface area contributed by atoms with Crippen molar-refractivity contribution >= 4 is 12.2 Å². The Balaban J connectivity index is 2.42. The molecule has 0 radical (unpaired) electrons. The summed E-state index contributed by atoms with van der Waals surface area (Å²) >= 11 is 4.72. The van der Waals surface area contributed by atoms with Crippen molar-refractivity contribution in [2.24, 2.45) is 0 Å². The van der Waals surface area contributed by atoms with Crippen LogP contribution in [0.3, 0.4) is 0 Å². The van der Waals surface area contributed by atoms with Crippen molar-refractivity contribution in [1.82, 2.24) is 9.55 Å². The van der Waals surface area contributed by atoms with Crippen molar-refractivity contribution in [3.63, 3.8) is 0 Å². The number of H-pyrrole nitrogens is 1. The number of aromatic nitrogens is 2. The molecule has 1 aliphatic heterocycles. The lowest BCUT2D eigenvalue weighted by molar-refractivity contribution is -0.138. The Bertz CT molecular complexity index is 571. The molecule has 2 rings (SSSR count). The van der Waals surface area contributed by atoms with Crippen LogP contribution in [0.2, 0.25) is 0 Å². The van der Waals surface area contributed by atoms with E-state index in [-0.39, 0.29) is 4.64 Å². The number of rotatable bonds is 3. The predicted octanol–water partition coefficient (Wildman–Crippen LogP) is -0.166. The first-order chi connectivity index (χ1) is 8.95. The number of nitrogens with zero attached hydrogens (tertiary/aromatic N) is 1. The van der Waals surface area contributed by atoms with Crippen molar-refractivity contribution in [3.05, 3.63) is 27.4 Å². The standard InChI is InChI=1S/C10H12F2N2O4S/c11-3-10(4-15)7(16)6(12)8(18-10)14-2-1-5(19)13-9(14)17/h1-2,6-8,15-16H,3-4H2,(H,13,17,19)/t6-,7?,8+,10+/m0/s1. The van der Waals surface area contributed by atoms with Gasteiger partial charge in [0.15, 0.2) is 18.0 Å². The van der Waals surface area contributed by atoms with Gasteiger partial charge in [-0.25, -0.2) is 13.6 Å². The molecule has 6 nitrogen and oxygen atoms in total. The van der Waals surface area contributed by atoms with Crippen LogP contribution < -0.4 is 5.69 Å². The van der Waals surface area contributed by atoms with E-state index in [9.17, 15) is 18.7 Å². The first-order valence-electron chi connectivity index (χ1n) is 5.43. The van der Waals surface area contributed by atoms with Crippen LogP contribution in [0.25, 0.3) is 0 Å². The Labute approximate surface area is 111 Å². The van der Waals surface area contributed by atoms with Gasteiger partial charge >= 0.3 is 5.69 Å². The maximum absolute atomic E-state index is 14.0. The summed E-state index contributed by atoms with van der Waals surface area (Å²) in [6.45, 7) is -2.18. The second-order valence-electron chi connectivity index (χ2n) is 4.27. The van der Waals surface area contributed by atoms with Crippen LogP contribution in [0.5, 0.6) is 0 Å². The Kier molecular flexibility index (Phi) is 3.81. The van der Waals surface area contributed by atoms with Crippen LogP contribution in [0, 0.1) is 4.64 Å². The van der Waals surface area contributed by atoms with Gasteiger partial charge in [-0.15, -0.1) is 0 Å². The molecule has 19 heavy (non-hydrogen) atoms. The Morgan fingerprint density at radius 3 is 2.79 bits per heavy atom. The molecule has 0 saturated carbocycles. The normalized spacial score (nSPS) is 34.6. The molecule has 9 heteroatoms. The van der Waals surface area contributed by atoms with Crippen LogP contribution in [0.4, 0.5) is 8.78 Å². The minimum atomic E-state index is -2.06. The van der Waals surface area contributed by atoms with E-state index in [4.69, 9.17) is 22.1 Å². The lowest BCUT2D eigenvalue weighted by atomic mass is 9.98. The molecule has 0 bridgehead atoms. The molecule has 0 spiro atoms. The number of halogens is 2. The molecule has 1 aromatic rings. The number of hydrogen-bond acceptors (Lipinski definition) is 5. The summed E-state index contributed by atoms with van der Waals surface area (Å²) in [4.78, 5) is 13.9. The Morgan fingerprint density at radius 2 is 2.32 bits per heavy atom. The lowest BCUT2D eigenvalue weighted by Crippen LogP contribution is -2.47. The van der Waals surface area contributed by atoms with E-state index >= 15 is 0 Å². The number of alkyl halides is 2.